The van der Waals surface area contributed by atoms with Crippen molar-refractivity contribution in [1.29, 1.82) is 0 Å². The Morgan fingerprint density at radius 3 is 2.90 bits per heavy atom. The highest BCUT2D eigenvalue weighted by atomic mass is 35.5. The maximum atomic E-state index is 12.2. The van der Waals surface area contributed by atoms with E-state index in [9.17, 15) is 4.79 Å². The Kier molecular flexibility index (Phi) is 5.42. The second kappa shape index (κ2) is 7.09. The molecule has 1 aliphatic rings. The Morgan fingerprint density at radius 1 is 1.52 bits per heavy atom. The normalized spacial score (nSPS) is 22.3. The van der Waals surface area contributed by atoms with Crippen LogP contribution < -0.4 is 15.8 Å². The van der Waals surface area contributed by atoms with E-state index in [4.69, 9.17) is 11.6 Å². The fourth-order valence-electron chi connectivity index (χ4n) is 2.71. The van der Waals surface area contributed by atoms with Crippen LogP contribution >= 0.6 is 11.6 Å². The molecular formula is C15H23ClN4O. The molecule has 1 fully saturated rings. The third-order valence-corrected chi connectivity index (χ3v) is 4.40. The van der Waals surface area contributed by atoms with Crippen LogP contribution in [0.5, 0.6) is 0 Å². The summed E-state index contributed by atoms with van der Waals surface area (Å²) in [7, 11) is 0. The third-order valence-electron chi connectivity index (χ3n) is 4.04. The van der Waals surface area contributed by atoms with Gasteiger partial charge in [0.25, 0.3) is 5.56 Å². The quantitative estimate of drug-likeness (QED) is 0.846. The summed E-state index contributed by atoms with van der Waals surface area (Å²) in [5, 5.41) is 8.00. The Bertz CT molecular complexity index is 557. The van der Waals surface area contributed by atoms with Crippen LogP contribution in [-0.4, -0.2) is 35.0 Å². The molecule has 0 spiro atoms. The van der Waals surface area contributed by atoms with Gasteiger partial charge in [-0.25, -0.2) is 4.68 Å². The molecule has 5 nitrogen and oxygen atoms in total. The summed E-state index contributed by atoms with van der Waals surface area (Å²) in [4.78, 5) is 14.5. The molecule has 0 amide bonds. The maximum Gasteiger partial charge on any atom is 0.287 e. The van der Waals surface area contributed by atoms with Crippen molar-refractivity contribution in [1.82, 2.24) is 15.1 Å². The maximum absolute atomic E-state index is 12.2. The molecule has 6 heteroatoms. The smallest absolute Gasteiger partial charge is 0.287 e. The summed E-state index contributed by atoms with van der Waals surface area (Å²) in [6.45, 7) is 10.0. The number of halogens is 1. The Hall–Kier alpha value is -1.33. The van der Waals surface area contributed by atoms with Gasteiger partial charge in [-0.2, -0.15) is 5.10 Å². The number of rotatable bonds is 5. The van der Waals surface area contributed by atoms with E-state index in [1.54, 1.807) is 12.3 Å². The lowest BCUT2D eigenvalue weighted by Gasteiger charge is -2.41. The molecule has 0 aliphatic carbocycles. The number of aromatic nitrogens is 2. The molecule has 0 saturated carbocycles. The summed E-state index contributed by atoms with van der Waals surface area (Å²) >= 11 is 6.31. The first kappa shape index (κ1) is 16.0. The van der Waals surface area contributed by atoms with Gasteiger partial charge in [0.05, 0.1) is 18.4 Å². The van der Waals surface area contributed by atoms with Gasteiger partial charge in [-0.1, -0.05) is 31.5 Å². The molecule has 21 heavy (non-hydrogen) atoms. The van der Waals surface area contributed by atoms with Crippen LogP contribution in [0.15, 0.2) is 23.6 Å². The second-order valence-electron chi connectivity index (χ2n) is 5.35. The average molecular weight is 311 g/mol. The van der Waals surface area contributed by atoms with Gasteiger partial charge in [-0.15, -0.1) is 6.58 Å². The first-order valence-electron chi connectivity index (χ1n) is 7.48. The van der Waals surface area contributed by atoms with Gasteiger partial charge in [0, 0.05) is 25.2 Å². The minimum absolute atomic E-state index is 0.252. The van der Waals surface area contributed by atoms with Crippen LogP contribution in [0.2, 0.25) is 5.02 Å². The van der Waals surface area contributed by atoms with Gasteiger partial charge in [0.15, 0.2) is 0 Å². The minimum Gasteiger partial charge on any atom is -0.363 e. The third kappa shape index (κ3) is 3.30. The minimum atomic E-state index is -0.254. The van der Waals surface area contributed by atoms with E-state index < -0.39 is 0 Å². The van der Waals surface area contributed by atoms with Crippen LogP contribution in [0.25, 0.3) is 0 Å². The highest BCUT2D eigenvalue weighted by Gasteiger charge is 2.28. The molecule has 0 bridgehead atoms. The largest absolute Gasteiger partial charge is 0.363 e. The lowest BCUT2D eigenvalue weighted by molar-refractivity contribution is 0.378. The zero-order valence-electron chi connectivity index (χ0n) is 12.7. The van der Waals surface area contributed by atoms with E-state index in [0.29, 0.717) is 18.6 Å². The van der Waals surface area contributed by atoms with E-state index in [1.165, 1.54) is 4.68 Å². The van der Waals surface area contributed by atoms with Gasteiger partial charge >= 0.3 is 0 Å². The highest BCUT2D eigenvalue weighted by molar-refractivity contribution is 6.33. The number of allylic oxidation sites excluding steroid dienone is 1. The molecule has 2 atom stereocenters. The van der Waals surface area contributed by atoms with Crippen LogP contribution in [-0.2, 0) is 6.54 Å². The second-order valence-corrected chi connectivity index (χ2v) is 5.73. The highest BCUT2D eigenvalue weighted by Crippen LogP contribution is 2.26. The van der Waals surface area contributed by atoms with Crippen LogP contribution in [0.1, 0.15) is 26.7 Å². The SMILES string of the molecule is C=CCn1ncc(N2CC(CC)NCC2CC)c(Cl)c1=O. The van der Waals surface area contributed by atoms with Crippen LogP contribution in [0.3, 0.4) is 0 Å². The first-order valence-corrected chi connectivity index (χ1v) is 7.86. The number of anilines is 1. The Balaban J connectivity index is 2.36. The fraction of sp³-hybridized carbons (Fsp3) is 0.600. The molecule has 1 aromatic heterocycles. The molecule has 0 aromatic carbocycles. The molecule has 1 N–H and O–H groups in total. The number of hydrogen-bond donors (Lipinski definition) is 1. The zero-order valence-corrected chi connectivity index (χ0v) is 13.4. The van der Waals surface area contributed by atoms with Crippen molar-refractivity contribution in [2.75, 3.05) is 18.0 Å². The Labute approximate surface area is 130 Å². The van der Waals surface area contributed by atoms with Crippen molar-refractivity contribution >= 4 is 17.3 Å². The molecule has 1 aromatic rings. The molecule has 0 radical (unpaired) electrons. The van der Waals surface area contributed by atoms with Crippen molar-refractivity contribution < 1.29 is 0 Å². The first-order chi connectivity index (χ1) is 10.1. The number of nitrogens with one attached hydrogen (secondary N) is 1. The van der Waals surface area contributed by atoms with Crippen molar-refractivity contribution in [3.05, 3.63) is 34.2 Å². The Morgan fingerprint density at radius 2 is 2.29 bits per heavy atom. The van der Waals surface area contributed by atoms with Crippen LogP contribution in [0, 0.1) is 0 Å². The van der Waals surface area contributed by atoms with Gasteiger partial charge in [0.2, 0.25) is 0 Å². The van der Waals surface area contributed by atoms with Gasteiger partial charge in [0.1, 0.15) is 5.02 Å². The van der Waals surface area contributed by atoms with E-state index in [2.05, 4.69) is 35.7 Å². The summed E-state index contributed by atoms with van der Waals surface area (Å²) in [6, 6.07) is 0.751. The molecular weight excluding hydrogens is 288 g/mol. The lowest BCUT2D eigenvalue weighted by Crippen LogP contribution is -2.56. The van der Waals surface area contributed by atoms with Gasteiger partial charge in [-0.3, -0.25) is 4.79 Å². The lowest BCUT2D eigenvalue weighted by atomic mass is 10.0. The summed E-state index contributed by atoms with van der Waals surface area (Å²) in [5.74, 6) is 0. The predicted molar refractivity (Wildman–Crippen MR) is 87.2 cm³/mol. The predicted octanol–water partition coefficient (Wildman–Crippen LogP) is 2.05. The van der Waals surface area contributed by atoms with Crippen molar-refractivity contribution in [2.45, 2.75) is 45.3 Å². The standard InChI is InChI=1S/C15H23ClN4O/c1-4-7-20-15(21)14(16)13(9-18-20)19-10-11(5-2)17-8-12(19)6-3/h4,9,11-12,17H,1,5-8,10H2,2-3H3. The molecule has 2 heterocycles. The zero-order chi connectivity index (χ0) is 15.4. The van der Waals surface area contributed by atoms with Gasteiger partial charge < -0.3 is 10.2 Å². The van der Waals surface area contributed by atoms with Crippen molar-refractivity contribution in [2.24, 2.45) is 0 Å². The van der Waals surface area contributed by atoms with E-state index in [-0.39, 0.29) is 10.6 Å². The number of nitrogens with zero attached hydrogens (tertiary/aromatic N) is 3. The van der Waals surface area contributed by atoms with Gasteiger partial charge in [-0.05, 0) is 12.8 Å². The fourth-order valence-corrected chi connectivity index (χ4v) is 2.96. The topological polar surface area (TPSA) is 50.2 Å². The molecule has 2 rings (SSSR count). The summed E-state index contributed by atoms with van der Waals surface area (Å²) < 4.78 is 1.33. The molecule has 1 saturated heterocycles. The van der Waals surface area contributed by atoms with Crippen molar-refractivity contribution in [3.8, 4) is 0 Å². The van der Waals surface area contributed by atoms with E-state index in [0.717, 1.165) is 31.6 Å². The summed E-state index contributed by atoms with van der Waals surface area (Å²) in [5.41, 5.74) is 0.490. The number of hydrogen-bond acceptors (Lipinski definition) is 4. The summed E-state index contributed by atoms with van der Waals surface area (Å²) in [6.07, 6.45) is 5.38. The van der Waals surface area contributed by atoms with Crippen molar-refractivity contribution in [3.63, 3.8) is 0 Å². The van der Waals surface area contributed by atoms with E-state index in [1.807, 2.05) is 0 Å². The monoisotopic (exact) mass is 310 g/mol. The molecule has 1 aliphatic heterocycles. The molecule has 116 valence electrons. The van der Waals surface area contributed by atoms with Crippen LogP contribution in [0.4, 0.5) is 5.69 Å². The average Bonchev–Trinajstić information content (AvgIpc) is 2.51. The number of piperazine rings is 1. The molecule has 2 unspecified atom stereocenters. The van der Waals surface area contributed by atoms with E-state index >= 15 is 0 Å².